The lowest BCUT2D eigenvalue weighted by Crippen LogP contribution is -2.55. The molecule has 0 aromatic rings. The van der Waals surface area contributed by atoms with E-state index in [2.05, 4.69) is 17.1 Å². The summed E-state index contributed by atoms with van der Waals surface area (Å²) in [6.07, 6.45) is 1.03. The van der Waals surface area contributed by atoms with E-state index in [0.29, 0.717) is 13.1 Å². The SMILES string of the molecule is CCCNCC(C)S(=O)(=O)N1CCN(C)CC1C. The quantitative estimate of drug-likeness (QED) is 0.711. The van der Waals surface area contributed by atoms with E-state index in [9.17, 15) is 8.42 Å². The van der Waals surface area contributed by atoms with Crippen LogP contribution in [0.25, 0.3) is 0 Å². The van der Waals surface area contributed by atoms with Gasteiger partial charge in [-0.15, -0.1) is 0 Å². The Hall–Kier alpha value is -0.170. The summed E-state index contributed by atoms with van der Waals surface area (Å²) in [5, 5.41) is 2.84. The van der Waals surface area contributed by atoms with Crippen LogP contribution in [0.4, 0.5) is 0 Å². The number of likely N-dealkylation sites (N-methyl/N-ethyl adjacent to an activating group) is 1. The molecule has 0 aromatic heterocycles. The fraction of sp³-hybridized carbons (Fsp3) is 1.00. The van der Waals surface area contributed by atoms with Gasteiger partial charge in [-0.3, -0.25) is 0 Å². The van der Waals surface area contributed by atoms with Crippen molar-refractivity contribution in [2.24, 2.45) is 0 Å². The zero-order valence-corrected chi connectivity index (χ0v) is 12.8. The predicted octanol–water partition coefficient (Wildman–Crippen LogP) is 0.340. The van der Waals surface area contributed by atoms with Crippen LogP contribution in [0.3, 0.4) is 0 Å². The molecule has 0 amide bonds. The molecule has 1 aliphatic heterocycles. The van der Waals surface area contributed by atoms with Gasteiger partial charge in [0.2, 0.25) is 10.0 Å². The summed E-state index contributed by atoms with van der Waals surface area (Å²) in [6.45, 7) is 9.51. The van der Waals surface area contributed by atoms with E-state index in [4.69, 9.17) is 0 Å². The molecule has 2 unspecified atom stereocenters. The third kappa shape index (κ3) is 3.91. The number of nitrogens with zero attached hydrogens (tertiary/aromatic N) is 2. The van der Waals surface area contributed by atoms with Crippen molar-refractivity contribution in [3.63, 3.8) is 0 Å². The molecular formula is C12H27N3O2S. The minimum absolute atomic E-state index is 0.0716. The van der Waals surface area contributed by atoms with E-state index in [1.165, 1.54) is 0 Å². The smallest absolute Gasteiger partial charge is 0.218 e. The maximum Gasteiger partial charge on any atom is 0.218 e. The predicted molar refractivity (Wildman–Crippen MR) is 75.2 cm³/mol. The van der Waals surface area contributed by atoms with Crippen molar-refractivity contribution in [2.75, 3.05) is 39.8 Å². The Bertz CT molecular complexity index is 345. The van der Waals surface area contributed by atoms with Crippen molar-refractivity contribution < 1.29 is 8.42 Å². The molecule has 1 aliphatic rings. The summed E-state index contributed by atoms with van der Waals surface area (Å²) in [6, 6.07) is 0.0716. The summed E-state index contributed by atoms with van der Waals surface area (Å²) in [5.74, 6) is 0. The second-order valence-electron chi connectivity index (χ2n) is 5.28. The number of rotatable bonds is 6. The minimum Gasteiger partial charge on any atom is -0.315 e. The average molecular weight is 277 g/mol. The minimum atomic E-state index is -3.17. The summed E-state index contributed by atoms with van der Waals surface area (Å²) < 4.78 is 26.6. The van der Waals surface area contributed by atoms with Gasteiger partial charge >= 0.3 is 0 Å². The van der Waals surface area contributed by atoms with Crippen molar-refractivity contribution in [3.8, 4) is 0 Å². The molecule has 0 spiro atoms. The highest BCUT2D eigenvalue weighted by atomic mass is 32.2. The van der Waals surface area contributed by atoms with Crippen LogP contribution in [-0.4, -0.2) is 68.7 Å². The highest BCUT2D eigenvalue weighted by Gasteiger charge is 2.34. The summed E-state index contributed by atoms with van der Waals surface area (Å²) in [7, 11) is -1.14. The Morgan fingerprint density at radius 2 is 2.06 bits per heavy atom. The number of nitrogens with one attached hydrogen (secondary N) is 1. The highest BCUT2D eigenvalue weighted by molar-refractivity contribution is 7.89. The Morgan fingerprint density at radius 3 is 2.61 bits per heavy atom. The zero-order chi connectivity index (χ0) is 13.8. The van der Waals surface area contributed by atoms with Crippen LogP contribution in [0, 0.1) is 0 Å². The van der Waals surface area contributed by atoms with Gasteiger partial charge in [0.1, 0.15) is 0 Å². The molecule has 6 heteroatoms. The van der Waals surface area contributed by atoms with Crippen LogP contribution in [-0.2, 0) is 10.0 Å². The van der Waals surface area contributed by atoms with Crippen LogP contribution in [0.15, 0.2) is 0 Å². The van der Waals surface area contributed by atoms with Gasteiger partial charge in [0.05, 0.1) is 5.25 Å². The molecule has 5 nitrogen and oxygen atoms in total. The highest BCUT2D eigenvalue weighted by Crippen LogP contribution is 2.16. The average Bonchev–Trinajstić information content (AvgIpc) is 2.28. The molecular weight excluding hydrogens is 250 g/mol. The maximum atomic E-state index is 12.5. The standard InChI is InChI=1S/C12H27N3O2S/c1-5-6-13-9-12(3)18(16,17)15-8-7-14(4)10-11(15)2/h11-13H,5-10H2,1-4H3. The molecule has 1 heterocycles. The number of hydrogen-bond acceptors (Lipinski definition) is 4. The first-order valence-corrected chi connectivity index (χ1v) is 8.29. The van der Waals surface area contributed by atoms with Crippen molar-refractivity contribution in [3.05, 3.63) is 0 Å². The second-order valence-corrected chi connectivity index (χ2v) is 7.59. The molecule has 1 rings (SSSR count). The first kappa shape index (κ1) is 15.9. The van der Waals surface area contributed by atoms with Gasteiger partial charge < -0.3 is 10.2 Å². The monoisotopic (exact) mass is 277 g/mol. The summed E-state index contributed by atoms with van der Waals surface area (Å²) >= 11 is 0. The fourth-order valence-corrected chi connectivity index (χ4v) is 4.01. The lowest BCUT2D eigenvalue weighted by molar-refractivity contribution is 0.169. The molecule has 0 aliphatic carbocycles. The molecule has 18 heavy (non-hydrogen) atoms. The second kappa shape index (κ2) is 6.84. The van der Waals surface area contributed by atoms with E-state index in [1.807, 2.05) is 14.0 Å². The topological polar surface area (TPSA) is 52.7 Å². The zero-order valence-electron chi connectivity index (χ0n) is 12.0. The lowest BCUT2D eigenvalue weighted by Gasteiger charge is -2.38. The lowest BCUT2D eigenvalue weighted by atomic mass is 10.2. The van der Waals surface area contributed by atoms with E-state index in [-0.39, 0.29) is 11.3 Å². The van der Waals surface area contributed by atoms with Gasteiger partial charge in [-0.25, -0.2) is 8.42 Å². The number of piperazine rings is 1. The van der Waals surface area contributed by atoms with Crippen LogP contribution in [0.1, 0.15) is 27.2 Å². The Morgan fingerprint density at radius 1 is 1.39 bits per heavy atom. The van der Waals surface area contributed by atoms with Gasteiger partial charge in [0.25, 0.3) is 0 Å². The van der Waals surface area contributed by atoms with E-state index in [1.54, 1.807) is 11.2 Å². The van der Waals surface area contributed by atoms with Crippen molar-refractivity contribution >= 4 is 10.0 Å². The normalized spacial score (nSPS) is 25.2. The molecule has 2 atom stereocenters. The number of hydrogen-bond donors (Lipinski definition) is 1. The first-order chi connectivity index (χ1) is 8.39. The van der Waals surface area contributed by atoms with Gasteiger partial charge in [0.15, 0.2) is 0 Å². The molecule has 0 radical (unpaired) electrons. The first-order valence-electron chi connectivity index (χ1n) is 6.79. The van der Waals surface area contributed by atoms with Crippen LogP contribution >= 0.6 is 0 Å². The fourth-order valence-electron chi connectivity index (χ4n) is 2.32. The Balaban J connectivity index is 2.61. The summed E-state index contributed by atoms with van der Waals surface area (Å²) in [5.41, 5.74) is 0. The van der Waals surface area contributed by atoms with Crippen molar-refractivity contribution in [2.45, 2.75) is 38.5 Å². The van der Waals surface area contributed by atoms with Crippen LogP contribution in [0.5, 0.6) is 0 Å². The van der Waals surface area contributed by atoms with Crippen LogP contribution in [0.2, 0.25) is 0 Å². The third-order valence-corrected chi connectivity index (χ3v) is 5.84. The maximum absolute atomic E-state index is 12.5. The van der Waals surface area contributed by atoms with E-state index < -0.39 is 10.0 Å². The molecule has 1 fully saturated rings. The molecule has 108 valence electrons. The number of sulfonamides is 1. The molecule has 1 saturated heterocycles. The van der Waals surface area contributed by atoms with E-state index in [0.717, 1.165) is 26.1 Å². The summed E-state index contributed by atoms with van der Waals surface area (Å²) in [4.78, 5) is 2.18. The van der Waals surface area contributed by atoms with Gasteiger partial charge in [0, 0.05) is 32.2 Å². The van der Waals surface area contributed by atoms with E-state index >= 15 is 0 Å². The van der Waals surface area contributed by atoms with Gasteiger partial charge in [-0.2, -0.15) is 4.31 Å². The molecule has 0 aromatic carbocycles. The van der Waals surface area contributed by atoms with Gasteiger partial charge in [-0.05, 0) is 33.9 Å². The largest absolute Gasteiger partial charge is 0.315 e. The molecule has 0 saturated carbocycles. The molecule has 0 bridgehead atoms. The van der Waals surface area contributed by atoms with Crippen LogP contribution < -0.4 is 5.32 Å². The Labute approximate surface area is 112 Å². The molecule has 1 N–H and O–H groups in total. The van der Waals surface area contributed by atoms with Crippen molar-refractivity contribution in [1.29, 1.82) is 0 Å². The van der Waals surface area contributed by atoms with Crippen molar-refractivity contribution in [1.82, 2.24) is 14.5 Å². The Kier molecular flexibility index (Phi) is 6.04. The van der Waals surface area contributed by atoms with Gasteiger partial charge in [-0.1, -0.05) is 6.92 Å². The third-order valence-electron chi connectivity index (χ3n) is 3.46.